The van der Waals surface area contributed by atoms with Gasteiger partial charge < -0.3 is 5.11 Å². The number of nitrogens with zero attached hydrogens (tertiary/aromatic N) is 2. The predicted molar refractivity (Wildman–Crippen MR) is 66.6 cm³/mol. The Balaban J connectivity index is 2.37. The molecule has 2 rings (SSSR count). The van der Waals surface area contributed by atoms with Gasteiger partial charge in [-0.15, -0.1) is 0 Å². The summed E-state index contributed by atoms with van der Waals surface area (Å²) in [5, 5.41) is 12.5. The van der Waals surface area contributed by atoms with Gasteiger partial charge in [0.05, 0.1) is 11.1 Å². The lowest BCUT2D eigenvalue weighted by Gasteiger charge is -2.09. The van der Waals surface area contributed by atoms with Crippen LogP contribution in [0, 0.1) is 6.92 Å². The number of nitrogens with one attached hydrogen (secondary N) is 1. The van der Waals surface area contributed by atoms with Crippen LogP contribution in [0.1, 0.15) is 16.1 Å². The first-order valence-electron chi connectivity index (χ1n) is 5.12. The minimum atomic E-state index is -3.91. The van der Waals surface area contributed by atoms with E-state index in [0.717, 1.165) is 0 Å². The zero-order valence-electron chi connectivity index (χ0n) is 9.65. The van der Waals surface area contributed by atoms with Crippen LogP contribution in [-0.2, 0) is 10.0 Å². The molecule has 2 aromatic rings. The Bertz CT molecular complexity index is 721. The minimum Gasteiger partial charge on any atom is -0.476 e. The standard InChI is InChI=1S/C11H10N3O4S/c1-8-3-2-4-9(7-8)19(17,18)13-14-10(11(15)16)5-6-12-14/h2-7,13H,1H2,(H,15,16). The van der Waals surface area contributed by atoms with Crippen molar-refractivity contribution in [1.29, 1.82) is 0 Å². The molecule has 19 heavy (non-hydrogen) atoms. The molecule has 8 heteroatoms. The number of benzene rings is 1. The fraction of sp³-hybridized carbons (Fsp3) is 0. The number of aromatic nitrogens is 2. The maximum atomic E-state index is 12.0. The molecule has 0 fully saturated rings. The van der Waals surface area contributed by atoms with Crippen molar-refractivity contribution in [2.24, 2.45) is 0 Å². The van der Waals surface area contributed by atoms with E-state index in [0.29, 0.717) is 10.4 Å². The molecule has 0 aliphatic heterocycles. The Morgan fingerprint density at radius 1 is 1.37 bits per heavy atom. The summed E-state index contributed by atoms with van der Waals surface area (Å²) in [4.78, 5) is 13.6. The second-order valence-electron chi connectivity index (χ2n) is 3.68. The third-order valence-electron chi connectivity index (χ3n) is 2.28. The number of carboxylic acids is 1. The number of aromatic carboxylic acids is 1. The molecule has 0 aliphatic rings. The first-order chi connectivity index (χ1) is 8.90. The molecule has 0 saturated heterocycles. The van der Waals surface area contributed by atoms with Crippen molar-refractivity contribution >= 4 is 16.0 Å². The van der Waals surface area contributed by atoms with Crippen LogP contribution in [0.3, 0.4) is 0 Å². The molecule has 99 valence electrons. The van der Waals surface area contributed by atoms with Gasteiger partial charge >= 0.3 is 5.97 Å². The van der Waals surface area contributed by atoms with Gasteiger partial charge in [0.2, 0.25) is 0 Å². The van der Waals surface area contributed by atoms with Crippen LogP contribution in [0.25, 0.3) is 0 Å². The molecule has 1 radical (unpaired) electrons. The lowest BCUT2D eigenvalue weighted by atomic mass is 10.2. The largest absolute Gasteiger partial charge is 0.476 e. The van der Waals surface area contributed by atoms with Crippen molar-refractivity contribution in [3.05, 3.63) is 54.7 Å². The van der Waals surface area contributed by atoms with Gasteiger partial charge in [0.15, 0.2) is 5.69 Å². The quantitative estimate of drug-likeness (QED) is 0.858. The Morgan fingerprint density at radius 3 is 2.74 bits per heavy atom. The molecule has 1 aromatic heterocycles. The molecule has 0 spiro atoms. The molecule has 1 aromatic carbocycles. The SMILES string of the molecule is [CH2]c1cccc(S(=O)(=O)Nn2nccc2C(=O)O)c1. The van der Waals surface area contributed by atoms with E-state index < -0.39 is 16.0 Å². The van der Waals surface area contributed by atoms with E-state index in [1.165, 1.54) is 30.5 Å². The highest BCUT2D eigenvalue weighted by Gasteiger charge is 2.18. The van der Waals surface area contributed by atoms with E-state index >= 15 is 0 Å². The molecular weight excluding hydrogens is 270 g/mol. The van der Waals surface area contributed by atoms with Crippen LogP contribution < -0.4 is 4.83 Å². The Hall–Kier alpha value is -2.35. The number of hydrogen-bond acceptors (Lipinski definition) is 4. The molecule has 0 aliphatic carbocycles. The second-order valence-corrected chi connectivity index (χ2v) is 5.34. The van der Waals surface area contributed by atoms with Crippen molar-refractivity contribution < 1.29 is 18.3 Å². The molecule has 0 unspecified atom stereocenters. The monoisotopic (exact) mass is 280 g/mol. The van der Waals surface area contributed by atoms with Crippen molar-refractivity contribution in [3.8, 4) is 0 Å². The molecular formula is C11H10N3O4S. The summed E-state index contributed by atoms with van der Waals surface area (Å²) in [7, 11) is -3.91. The summed E-state index contributed by atoms with van der Waals surface area (Å²) >= 11 is 0. The number of sulfonamides is 1. The summed E-state index contributed by atoms with van der Waals surface area (Å²) in [6.45, 7) is 3.63. The molecule has 7 nitrogen and oxygen atoms in total. The normalized spacial score (nSPS) is 11.2. The maximum Gasteiger partial charge on any atom is 0.356 e. The van der Waals surface area contributed by atoms with Gasteiger partial charge in [-0.1, -0.05) is 12.1 Å². The lowest BCUT2D eigenvalue weighted by Crippen LogP contribution is -2.27. The number of carbonyl (C=O) groups is 1. The molecule has 1 heterocycles. The van der Waals surface area contributed by atoms with Crippen LogP contribution >= 0.6 is 0 Å². The Morgan fingerprint density at radius 2 is 2.11 bits per heavy atom. The second kappa shape index (κ2) is 4.73. The fourth-order valence-electron chi connectivity index (χ4n) is 1.42. The Labute approximate surface area is 109 Å². The van der Waals surface area contributed by atoms with Crippen LogP contribution in [0.15, 0.2) is 41.4 Å². The number of hydrogen-bond donors (Lipinski definition) is 2. The molecule has 0 bridgehead atoms. The van der Waals surface area contributed by atoms with E-state index in [9.17, 15) is 13.2 Å². The molecule has 0 atom stereocenters. The van der Waals surface area contributed by atoms with E-state index in [1.54, 1.807) is 6.07 Å². The highest BCUT2D eigenvalue weighted by Crippen LogP contribution is 2.12. The van der Waals surface area contributed by atoms with Crippen LogP contribution in [0.2, 0.25) is 0 Å². The summed E-state index contributed by atoms with van der Waals surface area (Å²) in [6, 6.07) is 7.11. The predicted octanol–water partition coefficient (Wildman–Crippen LogP) is 0.696. The lowest BCUT2D eigenvalue weighted by molar-refractivity contribution is 0.0686. The Kier molecular flexibility index (Phi) is 3.26. The van der Waals surface area contributed by atoms with Crippen molar-refractivity contribution in [2.75, 3.05) is 4.83 Å². The maximum absolute atomic E-state index is 12.0. The van der Waals surface area contributed by atoms with Crippen molar-refractivity contribution in [3.63, 3.8) is 0 Å². The van der Waals surface area contributed by atoms with Crippen molar-refractivity contribution in [2.45, 2.75) is 4.90 Å². The van der Waals surface area contributed by atoms with Gasteiger partial charge in [-0.05, 0) is 30.7 Å². The third-order valence-corrected chi connectivity index (χ3v) is 3.57. The first kappa shape index (κ1) is 13.1. The summed E-state index contributed by atoms with van der Waals surface area (Å²) < 4.78 is 24.1. The van der Waals surface area contributed by atoms with Gasteiger partial charge in [-0.3, -0.25) is 0 Å². The van der Waals surface area contributed by atoms with Crippen LogP contribution in [-0.4, -0.2) is 29.4 Å². The van der Waals surface area contributed by atoms with E-state index in [4.69, 9.17) is 5.11 Å². The zero-order chi connectivity index (χ0) is 14.0. The topological polar surface area (TPSA) is 101 Å². The van der Waals surface area contributed by atoms with Crippen LogP contribution in [0.4, 0.5) is 0 Å². The molecule has 0 amide bonds. The highest BCUT2D eigenvalue weighted by atomic mass is 32.2. The van der Waals surface area contributed by atoms with E-state index in [-0.39, 0.29) is 10.6 Å². The van der Waals surface area contributed by atoms with Gasteiger partial charge in [0, 0.05) is 0 Å². The average molecular weight is 280 g/mol. The first-order valence-corrected chi connectivity index (χ1v) is 6.60. The summed E-state index contributed by atoms with van der Waals surface area (Å²) in [5.74, 6) is -1.29. The highest BCUT2D eigenvalue weighted by molar-refractivity contribution is 7.92. The minimum absolute atomic E-state index is 0.0214. The number of rotatable bonds is 4. The van der Waals surface area contributed by atoms with Crippen molar-refractivity contribution in [1.82, 2.24) is 9.89 Å². The third kappa shape index (κ3) is 2.74. The fourth-order valence-corrected chi connectivity index (χ4v) is 2.46. The van der Waals surface area contributed by atoms with Gasteiger partial charge in [0.25, 0.3) is 10.0 Å². The number of carboxylic acid groups (broad SMARTS) is 1. The molecule has 0 saturated carbocycles. The molecule has 2 N–H and O–H groups in total. The van der Waals surface area contributed by atoms with E-state index in [1.807, 2.05) is 0 Å². The smallest absolute Gasteiger partial charge is 0.356 e. The van der Waals surface area contributed by atoms with Gasteiger partial charge in [-0.2, -0.15) is 23.1 Å². The van der Waals surface area contributed by atoms with E-state index in [2.05, 4.69) is 16.9 Å². The average Bonchev–Trinajstić information content (AvgIpc) is 2.76. The summed E-state index contributed by atoms with van der Waals surface area (Å²) in [5.41, 5.74) is 0.246. The van der Waals surface area contributed by atoms with Gasteiger partial charge in [-0.25, -0.2) is 4.79 Å². The van der Waals surface area contributed by atoms with Crippen LogP contribution in [0.5, 0.6) is 0 Å². The van der Waals surface area contributed by atoms with Gasteiger partial charge in [0.1, 0.15) is 0 Å². The summed E-state index contributed by atoms with van der Waals surface area (Å²) in [6.07, 6.45) is 1.18. The zero-order valence-corrected chi connectivity index (χ0v) is 10.5.